The summed E-state index contributed by atoms with van der Waals surface area (Å²) in [4.78, 5) is 2.11. The van der Waals surface area contributed by atoms with Gasteiger partial charge in [0, 0.05) is 29.7 Å². The number of benzene rings is 1. The fourth-order valence-electron chi connectivity index (χ4n) is 1.78. The molecule has 0 aliphatic heterocycles. The van der Waals surface area contributed by atoms with Gasteiger partial charge in [-0.3, -0.25) is 0 Å². The molecule has 2 unspecified atom stereocenters. The van der Waals surface area contributed by atoms with Crippen LogP contribution in [0, 0.1) is 0 Å². The summed E-state index contributed by atoms with van der Waals surface area (Å²) in [7, 11) is 4.06. The molecule has 1 aromatic rings. The summed E-state index contributed by atoms with van der Waals surface area (Å²) < 4.78 is 0. The zero-order valence-corrected chi connectivity index (χ0v) is 11.4. The van der Waals surface area contributed by atoms with Crippen LogP contribution in [0.15, 0.2) is 24.3 Å². The Balaban J connectivity index is 2.45. The van der Waals surface area contributed by atoms with Gasteiger partial charge in [0.05, 0.1) is 6.10 Å². The van der Waals surface area contributed by atoms with Gasteiger partial charge in [-0.1, -0.05) is 29.8 Å². The molecule has 0 saturated heterocycles. The van der Waals surface area contributed by atoms with Crippen LogP contribution >= 0.6 is 11.6 Å². The molecule has 17 heavy (non-hydrogen) atoms. The minimum absolute atomic E-state index is 0.335. The molecule has 0 amide bonds. The second kappa shape index (κ2) is 6.97. The molecule has 0 aromatic heterocycles. The van der Waals surface area contributed by atoms with Gasteiger partial charge in [-0.15, -0.1) is 0 Å². The Hall–Kier alpha value is -0.610. The number of likely N-dealkylation sites (N-methyl/N-ethyl adjacent to an activating group) is 1. The van der Waals surface area contributed by atoms with Crippen molar-refractivity contribution in [2.24, 2.45) is 0 Å². The van der Waals surface area contributed by atoms with Gasteiger partial charge >= 0.3 is 0 Å². The molecule has 0 bridgehead atoms. The highest BCUT2D eigenvalue weighted by molar-refractivity contribution is 6.31. The van der Waals surface area contributed by atoms with Crippen LogP contribution in [0.3, 0.4) is 0 Å². The maximum Gasteiger partial charge on any atom is 0.0928 e. The predicted octanol–water partition coefficient (Wildman–Crippen LogP) is 1.91. The monoisotopic (exact) mass is 256 g/mol. The number of halogens is 1. The van der Waals surface area contributed by atoms with Crippen LogP contribution in [0.25, 0.3) is 0 Å². The Labute approximate surface area is 108 Å². The van der Waals surface area contributed by atoms with E-state index in [-0.39, 0.29) is 0 Å². The lowest BCUT2D eigenvalue weighted by molar-refractivity contribution is 0.168. The summed E-state index contributed by atoms with van der Waals surface area (Å²) in [6, 6.07) is 7.73. The molecule has 0 aliphatic rings. The summed E-state index contributed by atoms with van der Waals surface area (Å²) in [5, 5.41) is 13.9. The Morgan fingerprint density at radius 2 is 2.00 bits per heavy atom. The van der Waals surface area contributed by atoms with Crippen LogP contribution in [0.1, 0.15) is 18.6 Å². The molecule has 4 heteroatoms. The van der Waals surface area contributed by atoms with E-state index in [0.717, 1.165) is 12.1 Å². The maximum absolute atomic E-state index is 10.0. The highest BCUT2D eigenvalue weighted by Gasteiger charge is 2.12. The lowest BCUT2D eigenvalue weighted by Gasteiger charge is -2.20. The van der Waals surface area contributed by atoms with Crippen LogP contribution in [0.2, 0.25) is 5.02 Å². The molecule has 0 fully saturated rings. The molecule has 2 N–H and O–H groups in total. The highest BCUT2D eigenvalue weighted by Crippen LogP contribution is 2.21. The van der Waals surface area contributed by atoms with Crippen LogP contribution in [-0.4, -0.2) is 43.2 Å². The SMILES string of the molecule is CC(CN(C)C)NCC(O)c1ccccc1Cl. The standard InChI is InChI=1S/C13H21ClN2O/c1-10(9-16(2)3)15-8-13(17)11-6-4-5-7-12(11)14/h4-7,10,13,15,17H,8-9H2,1-3H3. The molecule has 0 aliphatic carbocycles. The van der Waals surface area contributed by atoms with Gasteiger partial charge in [0.2, 0.25) is 0 Å². The summed E-state index contributed by atoms with van der Waals surface area (Å²) in [5.41, 5.74) is 0.777. The first-order chi connectivity index (χ1) is 8.00. The number of aliphatic hydroxyl groups excluding tert-OH is 1. The molecular weight excluding hydrogens is 236 g/mol. The van der Waals surface area contributed by atoms with Gasteiger partial charge in [-0.05, 0) is 27.1 Å². The number of hydrogen-bond donors (Lipinski definition) is 2. The lowest BCUT2D eigenvalue weighted by Crippen LogP contribution is -2.38. The average molecular weight is 257 g/mol. The van der Waals surface area contributed by atoms with Gasteiger partial charge in [0.25, 0.3) is 0 Å². The van der Waals surface area contributed by atoms with Crippen molar-refractivity contribution >= 4 is 11.6 Å². The fraction of sp³-hybridized carbons (Fsp3) is 0.538. The van der Waals surface area contributed by atoms with Crippen molar-refractivity contribution in [3.8, 4) is 0 Å². The van der Waals surface area contributed by atoms with E-state index in [1.807, 2.05) is 32.3 Å². The Bertz CT molecular complexity index is 344. The molecule has 1 aromatic carbocycles. The van der Waals surface area contributed by atoms with Crippen LogP contribution in [0.4, 0.5) is 0 Å². The molecule has 0 radical (unpaired) electrons. The topological polar surface area (TPSA) is 35.5 Å². The number of nitrogens with zero attached hydrogens (tertiary/aromatic N) is 1. The Morgan fingerprint density at radius 3 is 2.59 bits per heavy atom. The summed E-state index contributed by atoms with van der Waals surface area (Å²) in [6.45, 7) is 3.55. The fourth-order valence-corrected chi connectivity index (χ4v) is 2.04. The third-order valence-electron chi connectivity index (χ3n) is 2.56. The third kappa shape index (κ3) is 5.04. The van der Waals surface area contributed by atoms with Crippen LogP contribution in [0.5, 0.6) is 0 Å². The van der Waals surface area contributed by atoms with Gasteiger partial charge < -0.3 is 15.3 Å². The first-order valence-electron chi connectivity index (χ1n) is 5.81. The first kappa shape index (κ1) is 14.5. The van der Waals surface area contributed by atoms with Crippen LogP contribution in [-0.2, 0) is 0 Å². The molecule has 0 spiro atoms. The molecule has 96 valence electrons. The first-order valence-corrected chi connectivity index (χ1v) is 6.19. The van der Waals surface area contributed by atoms with E-state index in [2.05, 4.69) is 17.1 Å². The van der Waals surface area contributed by atoms with Crippen molar-refractivity contribution in [1.82, 2.24) is 10.2 Å². The van der Waals surface area contributed by atoms with E-state index in [1.54, 1.807) is 6.07 Å². The van der Waals surface area contributed by atoms with E-state index in [9.17, 15) is 5.11 Å². The molecule has 2 atom stereocenters. The van der Waals surface area contributed by atoms with Crippen LogP contribution < -0.4 is 5.32 Å². The van der Waals surface area contributed by atoms with Gasteiger partial charge in [0.15, 0.2) is 0 Å². The van der Waals surface area contributed by atoms with Gasteiger partial charge in [0.1, 0.15) is 0 Å². The number of hydrogen-bond acceptors (Lipinski definition) is 3. The molecule has 0 saturated carbocycles. The van der Waals surface area contributed by atoms with Gasteiger partial charge in [-0.25, -0.2) is 0 Å². The van der Waals surface area contributed by atoms with E-state index >= 15 is 0 Å². The number of aliphatic hydroxyl groups is 1. The summed E-state index contributed by atoms with van der Waals surface area (Å²) in [6.07, 6.45) is -0.562. The molecular formula is C13H21ClN2O. The third-order valence-corrected chi connectivity index (χ3v) is 2.91. The van der Waals surface area contributed by atoms with Crippen molar-refractivity contribution in [2.45, 2.75) is 19.1 Å². The lowest BCUT2D eigenvalue weighted by atomic mass is 10.1. The van der Waals surface area contributed by atoms with E-state index < -0.39 is 6.10 Å². The quantitative estimate of drug-likeness (QED) is 0.816. The zero-order chi connectivity index (χ0) is 12.8. The van der Waals surface area contributed by atoms with Crippen molar-refractivity contribution in [3.63, 3.8) is 0 Å². The smallest absolute Gasteiger partial charge is 0.0928 e. The maximum atomic E-state index is 10.0. The minimum Gasteiger partial charge on any atom is -0.387 e. The Morgan fingerprint density at radius 1 is 1.35 bits per heavy atom. The average Bonchev–Trinajstić information content (AvgIpc) is 2.25. The van der Waals surface area contributed by atoms with E-state index in [4.69, 9.17) is 11.6 Å². The minimum atomic E-state index is -0.562. The van der Waals surface area contributed by atoms with Crippen molar-refractivity contribution in [2.75, 3.05) is 27.2 Å². The second-order valence-electron chi connectivity index (χ2n) is 4.61. The van der Waals surface area contributed by atoms with Crippen molar-refractivity contribution in [1.29, 1.82) is 0 Å². The summed E-state index contributed by atoms with van der Waals surface area (Å²) in [5.74, 6) is 0. The largest absolute Gasteiger partial charge is 0.387 e. The molecule has 1 rings (SSSR count). The number of rotatable bonds is 6. The molecule has 0 heterocycles. The number of nitrogens with one attached hydrogen (secondary N) is 1. The van der Waals surface area contributed by atoms with E-state index in [1.165, 1.54) is 0 Å². The molecule has 3 nitrogen and oxygen atoms in total. The van der Waals surface area contributed by atoms with Crippen molar-refractivity contribution < 1.29 is 5.11 Å². The zero-order valence-electron chi connectivity index (χ0n) is 10.7. The second-order valence-corrected chi connectivity index (χ2v) is 5.02. The Kier molecular flexibility index (Phi) is 5.92. The summed E-state index contributed by atoms with van der Waals surface area (Å²) >= 11 is 6.02. The normalized spacial score (nSPS) is 14.9. The van der Waals surface area contributed by atoms with Crippen molar-refractivity contribution in [3.05, 3.63) is 34.9 Å². The highest BCUT2D eigenvalue weighted by atomic mass is 35.5. The predicted molar refractivity (Wildman–Crippen MR) is 72.4 cm³/mol. The van der Waals surface area contributed by atoms with E-state index in [0.29, 0.717) is 17.6 Å². The van der Waals surface area contributed by atoms with Gasteiger partial charge in [-0.2, -0.15) is 0 Å².